The topological polar surface area (TPSA) is 203 Å². The number of carbonyl (C=O) groups is 4. The van der Waals surface area contributed by atoms with Gasteiger partial charge in [-0.25, -0.2) is 33.1 Å². The van der Waals surface area contributed by atoms with Crippen molar-refractivity contribution in [2.45, 2.75) is 63.1 Å². The van der Waals surface area contributed by atoms with Gasteiger partial charge in [0.1, 0.15) is 28.8 Å². The van der Waals surface area contributed by atoms with Gasteiger partial charge < -0.3 is 40.5 Å². The number of aromatic amines is 2. The van der Waals surface area contributed by atoms with Gasteiger partial charge in [0, 0.05) is 89.0 Å². The summed E-state index contributed by atoms with van der Waals surface area (Å²) in [6, 6.07) is 6.45. The lowest BCUT2D eigenvalue weighted by atomic mass is 9.81. The first kappa shape index (κ1) is 42.3. The zero-order valence-electron chi connectivity index (χ0n) is 33.3. The van der Waals surface area contributed by atoms with Crippen LogP contribution in [0.25, 0.3) is 22.3 Å². The van der Waals surface area contributed by atoms with Crippen molar-refractivity contribution in [2.75, 3.05) is 38.0 Å². The number of carbonyl (C=O) groups excluding carboxylic acids is 4. The summed E-state index contributed by atoms with van der Waals surface area (Å²) in [6.45, 7) is 9.73. The number of ether oxygens (including phenoxy) is 1. The van der Waals surface area contributed by atoms with Crippen molar-refractivity contribution in [1.82, 2.24) is 50.3 Å². The van der Waals surface area contributed by atoms with Crippen LogP contribution in [0, 0.1) is 11.7 Å². The summed E-state index contributed by atoms with van der Waals surface area (Å²) in [7, 11) is 0. The average Bonchev–Trinajstić information content (AvgIpc) is 3.89. The lowest BCUT2D eigenvalue weighted by Gasteiger charge is -2.34. The van der Waals surface area contributed by atoms with Crippen molar-refractivity contribution in [3.8, 4) is 5.88 Å². The van der Waals surface area contributed by atoms with E-state index in [1.807, 2.05) is 0 Å². The molecule has 5 N–H and O–H groups in total. The summed E-state index contributed by atoms with van der Waals surface area (Å²) in [6.07, 6.45) is 11.1. The smallest absolute Gasteiger partial charge is 0.255 e. The van der Waals surface area contributed by atoms with Crippen molar-refractivity contribution in [2.24, 2.45) is 5.92 Å². The quantitative estimate of drug-likeness (QED) is 0.108. The summed E-state index contributed by atoms with van der Waals surface area (Å²) in [5.74, 6) is -3.24. The first-order valence-electron chi connectivity index (χ1n) is 20.0. The Hall–Kier alpha value is -6.79. The molecular formula is C42H46F3N11O5. The van der Waals surface area contributed by atoms with Crippen LogP contribution in [0.1, 0.15) is 64.8 Å². The number of anilines is 1. The molecule has 2 saturated heterocycles. The lowest BCUT2D eigenvalue weighted by molar-refractivity contribution is -0.128. The Morgan fingerprint density at radius 2 is 1.39 bits per heavy atom. The van der Waals surface area contributed by atoms with Crippen molar-refractivity contribution in [3.63, 3.8) is 0 Å². The summed E-state index contributed by atoms with van der Waals surface area (Å²) in [5.41, 5.74) is 2.78. The molecule has 61 heavy (non-hydrogen) atoms. The second-order valence-corrected chi connectivity index (χ2v) is 15.2. The van der Waals surface area contributed by atoms with Crippen molar-refractivity contribution in [1.29, 1.82) is 0 Å². The second-order valence-electron chi connectivity index (χ2n) is 15.2. The number of alkyl halides is 2. The van der Waals surface area contributed by atoms with E-state index in [9.17, 15) is 32.3 Å². The molecule has 1 aromatic carbocycles. The Morgan fingerprint density at radius 1 is 0.820 bits per heavy atom. The number of piperidine rings is 2. The average molecular weight is 842 g/mol. The molecule has 16 nitrogen and oxygen atoms in total. The zero-order valence-corrected chi connectivity index (χ0v) is 33.3. The van der Waals surface area contributed by atoms with Gasteiger partial charge in [0.2, 0.25) is 23.6 Å². The summed E-state index contributed by atoms with van der Waals surface area (Å²) < 4.78 is 45.6. The van der Waals surface area contributed by atoms with E-state index in [0.717, 1.165) is 12.8 Å². The fourth-order valence-corrected chi connectivity index (χ4v) is 7.49. The van der Waals surface area contributed by atoms with Gasteiger partial charge in [-0.15, -0.1) is 0 Å². The van der Waals surface area contributed by atoms with Crippen LogP contribution in [0.4, 0.5) is 19.0 Å². The number of hydrogen-bond acceptors (Lipinski definition) is 10. The maximum atomic E-state index is 13.8. The number of fused-ring (bicyclic) bond motifs is 2. The minimum absolute atomic E-state index is 0.0574. The number of likely N-dealkylation sites (tertiary alicyclic amines) is 2. The van der Waals surface area contributed by atoms with Gasteiger partial charge in [-0.05, 0) is 37.0 Å². The highest BCUT2D eigenvalue weighted by Gasteiger charge is 2.45. The molecule has 3 fully saturated rings. The van der Waals surface area contributed by atoms with Crippen LogP contribution in [0.3, 0.4) is 0 Å². The molecule has 4 aromatic heterocycles. The molecule has 5 aromatic rings. The Balaban J connectivity index is 0.000000184. The van der Waals surface area contributed by atoms with Gasteiger partial charge in [0.25, 0.3) is 11.8 Å². The van der Waals surface area contributed by atoms with E-state index >= 15 is 0 Å². The fraction of sp³-hybridized carbons (Fsp3) is 0.381. The third kappa shape index (κ3) is 10.3. The molecule has 0 spiro atoms. The third-order valence-electron chi connectivity index (χ3n) is 10.9. The van der Waals surface area contributed by atoms with Crippen LogP contribution >= 0.6 is 0 Å². The van der Waals surface area contributed by atoms with Crippen molar-refractivity contribution >= 4 is 51.8 Å². The van der Waals surface area contributed by atoms with Gasteiger partial charge in [-0.1, -0.05) is 31.4 Å². The summed E-state index contributed by atoms with van der Waals surface area (Å²) in [5, 5.41) is 8.75. The predicted molar refractivity (Wildman–Crippen MR) is 219 cm³/mol. The van der Waals surface area contributed by atoms with Crippen LogP contribution < -0.4 is 20.7 Å². The van der Waals surface area contributed by atoms with Gasteiger partial charge in [-0.3, -0.25) is 19.2 Å². The molecule has 0 radical (unpaired) electrons. The SMILES string of the molecule is C=CC(=O)N1CCC(Nc2cnc3[nH]cc(C(=O)NCc4ccccc4F)c3n2)CC1.C=CC(=O)N1CCC(Oc2cnc3[nH]cc(C(=O)NCC4CC(F)(F)C4)c3n2)CC1. The number of nitrogens with one attached hydrogen (secondary N) is 5. The molecule has 6 heterocycles. The van der Waals surface area contributed by atoms with E-state index in [1.54, 1.807) is 40.4 Å². The zero-order chi connectivity index (χ0) is 43.1. The molecule has 1 saturated carbocycles. The second kappa shape index (κ2) is 18.6. The normalized spacial score (nSPS) is 16.8. The van der Waals surface area contributed by atoms with Crippen LogP contribution in [-0.2, 0) is 16.1 Å². The van der Waals surface area contributed by atoms with Crippen molar-refractivity contribution < 1.29 is 37.1 Å². The number of H-pyrrole nitrogens is 2. The maximum Gasteiger partial charge on any atom is 0.255 e. The standard InChI is InChI=1S/C22H23FN6O2.C20H23F2N5O3/c1-2-19(30)29-9-7-15(8-10-29)27-18-13-25-21-20(28-18)16(12-24-21)22(31)26-11-14-5-3-4-6-17(14)23;1-2-16(28)27-5-3-13(4-6-27)30-15-11-24-18-17(26-15)14(10-23-18)19(29)25-9-12-7-20(21,22)8-12/h2-6,12-13,15H,1,7-11H2,(H,24,25)(H,26,31)(H,27,28);2,10-13H,1,3-9H2,(H,23,24)(H,25,29). The molecule has 2 aliphatic heterocycles. The van der Waals surface area contributed by atoms with Crippen molar-refractivity contribution in [3.05, 3.63) is 96.9 Å². The number of rotatable bonds is 12. The first-order chi connectivity index (χ1) is 29.4. The van der Waals surface area contributed by atoms with E-state index < -0.39 is 5.92 Å². The summed E-state index contributed by atoms with van der Waals surface area (Å²) in [4.78, 5) is 75.4. The Labute approximate surface area is 348 Å². The molecule has 1 aliphatic carbocycles. The number of nitrogens with zero attached hydrogens (tertiary/aromatic N) is 6. The predicted octanol–water partition coefficient (Wildman–Crippen LogP) is 4.90. The highest BCUT2D eigenvalue weighted by molar-refractivity contribution is 6.05. The third-order valence-corrected chi connectivity index (χ3v) is 10.9. The Morgan fingerprint density at radius 3 is 2.00 bits per heavy atom. The molecular weight excluding hydrogens is 796 g/mol. The number of aromatic nitrogens is 6. The molecule has 0 bridgehead atoms. The van der Waals surface area contributed by atoms with Gasteiger partial charge in [0.15, 0.2) is 11.3 Å². The van der Waals surface area contributed by atoms with E-state index in [1.165, 1.54) is 30.6 Å². The molecule has 0 unspecified atom stereocenters. The number of hydrogen-bond donors (Lipinski definition) is 5. The summed E-state index contributed by atoms with van der Waals surface area (Å²) >= 11 is 0. The van der Waals surface area contributed by atoms with E-state index in [4.69, 9.17) is 4.74 Å². The Bertz CT molecular complexity index is 2410. The van der Waals surface area contributed by atoms with E-state index in [-0.39, 0.29) is 73.4 Å². The molecule has 320 valence electrons. The van der Waals surface area contributed by atoms with Gasteiger partial charge in [0.05, 0.1) is 23.5 Å². The highest BCUT2D eigenvalue weighted by Crippen LogP contribution is 2.42. The fourth-order valence-electron chi connectivity index (χ4n) is 7.49. The monoisotopic (exact) mass is 841 g/mol. The number of benzene rings is 1. The molecule has 0 atom stereocenters. The van der Waals surface area contributed by atoms with Gasteiger partial charge >= 0.3 is 0 Å². The Kier molecular flexibility index (Phi) is 12.9. The molecule has 3 aliphatic rings. The minimum Gasteiger partial charge on any atom is -0.473 e. The molecule has 4 amide bonds. The van der Waals surface area contributed by atoms with Crippen LogP contribution in [-0.4, -0.2) is 114 Å². The van der Waals surface area contributed by atoms with Crippen LogP contribution in [0.2, 0.25) is 0 Å². The van der Waals surface area contributed by atoms with E-state index in [0.29, 0.717) is 89.7 Å². The number of halogens is 3. The van der Waals surface area contributed by atoms with Gasteiger partial charge in [-0.2, -0.15) is 0 Å². The number of amides is 4. The highest BCUT2D eigenvalue weighted by atomic mass is 19.3. The molecule has 8 rings (SSSR count). The minimum atomic E-state index is -2.61. The first-order valence-corrected chi connectivity index (χ1v) is 20.0. The molecule has 19 heteroatoms. The maximum absolute atomic E-state index is 13.8. The largest absolute Gasteiger partial charge is 0.473 e. The lowest BCUT2D eigenvalue weighted by Crippen LogP contribution is -2.42. The van der Waals surface area contributed by atoms with Crippen LogP contribution in [0.15, 0.2) is 74.4 Å². The van der Waals surface area contributed by atoms with E-state index in [2.05, 4.69) is 59.0 Å². The van der Waals surface area contributed by atoms with Crippen LogP contribution in [0.5, 0.6) is 5.88 Å².